The van der Waals surface area contributed by atoms with Gasteiger partial charge in [0.25, 0.3) is 5.91 Å². The predicted molar refractivity (Wildman–Crippen MR) is 150 cm³/mol. The van der Waals surface area contributed by atoms with Crippen molar-refractivity contribution in [3.05, 3.63) is 78.2 Å². The van der Waals surface area contributed by atoms with E-state index < -0.39 is 0 Å². The summed E-state index contributed by atoms with van der Waals surface area (Å²) in [6.45, 7) is 9.92. The Bertz CT molecular complexity index is 1460. The van der Waals surface area contributed by atoms with Crippen molar-refractivity contribution < 1.29 is 14.3 Å². The van der Waals surface area contributed by atoms with E-state index in [-0.39, 0.29) is 11.8 Å². The van der Waals surface area contributed by atoms with Crippen molar-refractivity contribution in [1.29, 1.82) is 0 Å². The summed E-state index contributed by atoms with van der Waals surface area (Å²) >= 11 is 1.48. The summed E-state index contributed by atoms with van der Waals surface area (Å²) in [5.41, 5.74) is 2.75. The van der Waals surface area contributed by atoms with Gasteiger partial charge >= 0.3 is 0 Å². The number of carbonyl (C=O) groups is 2. The molecule has 3 heterocycles. The maximum absolute atomic E-state index is 12.9. The van der Waals surface area contributed by atoms with Crippen LogP contribution in [0.2, 0.25) is 0 Å². The topological polar surface area (TPSA) is 99.7 Å². The molecule has 2 N–H and O–H groups in total. The van der Waals surface area contributed by atoms with Gasteiger partial charge in [0.2, 0.25) is 17.7 Å². The molecule has 38 heavy (non-hydrogen) atoms. The van der Waals surface area contributed by atoms with E-state index in [2.05, 4.69) is 39.0 Å². The van der Waals surface area contributed by atoms with Gasteiger partial charge in [-0.1, -0.05) is 19.6 Å². The van der Waals surface area contributed by atoms with Crippen LogP contribution in [0.25, 0.3) is 10.2 Å². The van der Waals surface area contributed by atoms with Crippen LogP contribution < -0.4 is 15.4 Å². The van der Waals surface area contributed by atoms with E-state index in [1.807, 2.05) is 40.6 Å². The van der Waals surface area contributed by atoms with Crippen molar-refractivity contribution in [2.45, 2.75) is 6.92 Å². The second-order valence-electron chi connectivity index (χ2n) is 8.74. The van der Waals surface area contributed by atoms with Crippen molar-refractivity contribution in [2.24, 2.45) is 0 Å². The van der Waals surface area contributed by atoms with Gasteiger partial charge in [-0.3, -0.25) is 9.59 Å². The molecular weight excluding hydrogens is 500 g/mol. The van der Waals surface area contributed by atoms with Crippen LogP contribution in [0.1, 0.15) is 17.3 Å². The molecular formula is C28H28N6O3S. The Morgan fingerprint density at radius 2 is 1.84 bits per heavy atom. The molecule has 4 aromatic rings. The lowest BCUT2D eigenvalue weighted by Crippen LogP contribution is -2.48. The van der Waals surface area contributed by atoms with E-state index in [0.29, 0.717) is 28.8 Å². The first kappa shape index (κ1) is 25.4. The maximum Gasteiger partial charge on any atom is 0.253 e. The third kappa shape index (κ3) is 5.82. The van der Waals surface area contributed by atoms with Gasteiger partial charge in [0.05, 0.1) is 5.52 Å². The van der Waals surface area contributed by atoms with Gasteiger partial charge < -0.3 is 25.2 Å². The van der Waals surface area contributed by atoms with Crippen molar-refractivity contribution in [2.75, 3.05) is 43.4 Å². The number of fused-ring (bicyclic) bond motifs is 1. The average molecular weight is 529 g/mol. The number of ether oxygens (including phenoxy) is 1. The van der Waals surface area contributed by atoms with Crippen LogP contribution in [0, 0.1) is 0 Å². The molecule has 194 valence electrons. The van der Waals surface area contributed by atoms with Gasteiger partial charge in [0, 0.05) is 49.2 Å². The van der Waals surface area contributed by atoms with Crippen LogP contribution in [0.15, 0.2) is 72.6 Å². The van der Waals surface area contributed by atoms with Crippen LogP contribution in [0.3, 0.4) is 0 Å². The number of anilines is 3. The Morgan fingerprint density at radius 1 is 1.05 bits per heavy atom. The van der Waals surface area contributed by atoms with Gasteiger partial charge in [0.1, 0.15) is 10.4 Å². The Labute approximate surface area is 224 Å². The molecule has 10 heteroatoms. The van der Waals surface area contributed by atoms with Crippen LogP contribution in [0.5, 0.6) is 11.6 Å². The third-order valence-corrected chi connectivity index (χ3v) is 7.16. The largest absolute Gasteiger partial charge is 0.437 e. The van der Waals surface area contributed by atoms with Crippen LogP contribution in [0.4, 0.5) is 17.3 Å². The normalized spacial score (nSPS) is 13.8. The fourth-order valence-electron chi connectivity index (χ4n) is 4.18. The van der Waals surface area contributed by atoms with Crippen LogP contribution >= 0.6 is 11.3 Å². The predicted octanol–water partition coefficient (Wildman–Crippen LogP) is 5.13. The summed E-state index contributed by atoms with van der Waals surface area (Å²) < 4.78 is 6.91. The summed E-state index contributed by atoms with van der Waals surface area (Å²) in [6, 6.07) is 16.3. The minimum Gasteiger partial charge on any atom is -0.437 e. The fourth-order valence-corrected chi connectivity index (χ4v) is 4.93. The molecule has 2 amide bonds. The number of benzene rings is 2. The standard InChI is InChI=1S/C28H28N6O3S/c1-3-24(35)29-21-6-5-7-22(18-21)37-26-25-23(12-17-38-25)31-28(32-26)30-20-10-8-19(9-11-20)27(36)34-15-13-33(4-2)14-16-34/h3,5-12,17-18H,1,4,13-16H2,2H3,(H,29,35)(H,30,31,32). The molecule has 9 nitrogen and oxygen atoms in total. The molecule has 1 fully saturated rings. The molecule has 0 spiro atoms. The highest BCUT2D eigenvalue weighted by atomic mass is 32.1. The smallest absolute Gasteiger partial charge is 0.253 e. The molecule has 0 atom stereocenters. The van der Waals surface area contributed by atoms with E-state index in [9.17, 15) is 9.59 Å². The SMILES string of the molecule is C=CC(=O)Nc1cccc(Oc2nc(Nc3ccc(C(=O)N4CCN(CC)CC4)cc3)nc3ccsc23)c1. The number of thiophene rings is 1. The number of nitrogens with zero attached hydrogens (tertiary/aromatic N) is 4. The van der Waals surface area contributed by atoms with Gasteiger partial charge in [0.15, 0.2) is 0 Å². The number of hydrogen-bond donors (Lipinski definition) is 2. The minimum absolute atomic E-state index is 0.0467. The Balaban J connectivity index is 1.31. The molecule has 0 unspecified atom stereocenters. The number of likely N-dealkylation sites (N-methyl/N-ethyl adjacent to an activating group) is 1. The molecule has 5 rings (SSSR count). The lowest BCUT2D eigenvalue weighted by atomic mass is 10.1. The van der Waals surface area contributed by atoms with Gasteiger partial charge in [-0.25, -0.2) is 4.98 Å². The number of piperazine rings is 1. The fraction of sp³-hybridized carbons (Fsp3) is 0.214. The number of aromatic nitrogens is 2. The summed E-state index contributed by atoms with van der Waals surface area (Å²) in [7, 11) is 0. The second-order valence-corrected chi connectivity index (χ2v) is 9.66. The van der Waals surface area contributed by atoms with Gasteiger partial charge in [-0.05, 0) is 60.5 Å². The van der Waals surface area contributed by atoms with E-state index in [0.717, 1.165) is 48.6 Å². The molecule has 1 saturated heterocycles. The molecule has 0 bridgehead atoms. The lowest BCUT2D eigenvalue weighted by molar-refractivity contribution is -0.111. The van der Waals surface area contributed by atoms with Gasteiger partial charge in [-0.15, -0.1) is 11.3 Å². The Hall–Kier alpha value is -4.28. The van der Waals surface area contributed by atoms with Crippen molar-refractivity contribution in [1.82, 2.24) is 19.8 Å². The number of carbonyl (C=O) groups excluding carboxylic acids is 2. The molecule has 0 saturated carbocycles. The van der Waals surface area contributed by atoms with E-state index >= 15 is 0 Å². The molecule has 0 radical (unpaired) electrons. The summed E-state index contributed by atoms with van der Waals surface area (Å²) in [5.74, 6) is 1.04. The average Bonchev–Trinajstić information content (AvgIpc) is 3.42. The van der Waals surface area contributed by atoms with E-state index in [1.165, 1.54) is 17.4 Å². The van der Waals surface area contributed by atoms with Gasteiger partial charge in [-0.2, -0.15) is 4.98 Å². The second kappa shape index (κ2) is 11.4. The zero-order chi connectivity index (χ0) is 26.5. The summed E-state index contributed by atoms with van der Waals surface area (Å²) in [5, 5.41) is 7.87. The Morgan fingerprint density at radius 3 is 2.58 bits per heavy atom. The highest BCUT2D eigenvalue weighted by Crippen LogP contribution is 2.33. The van der Waals surface area contributed by atoms with Crippen molar-refractivity contribution in [3.63, 3.8) is 0 Å². The first-order chi connectivity index (χ1) is 18.5. The number of nitrogens with one attached hydrogen (secondary N) is 2. The summed E-state index contributed by atoms with van der Waals surface area (Å²) in [6.07, 6.45) is 1.21. The molecule has 1 aliphatic heterocycles. The highest BCUT2D eigenvalue weighted by molar-refractivity contribution is 7.17. The molecule has 0 aliphatic carbocycles. The molecule has 2 aromatic carbocycles. The summed E-state index contributed by atoms with van der Waals surface area (Å²) in [4.78, 5) is 38.0. The van der Waals surface area contributed by atoms with Crippen molar-refractivity contribution >= 4 is 50.7 Å². The maximum atomic E-state index is 12.9. The third-order valence-electron chi connectivity index (χ3n) is 6.27. The number of amides is 2. The zero-order valence-corrected chi connectivity index (χ0v) is 21.8. The van der Waals surface area contributed by atoms with E-state index in [4.69, 9.17) is 4.74 Å². The van der Waals surface area contributed by atoms with Crippen LogP contribution in [-0.4, -0.2) is 64.3 Å². The molecule has 2 aromatic heterocycles. The lowest BCUT2D eigenvalue weighted by Gasteiger charge is -2.34. The molecule has 1 aliphatic rings. The number of hydrogen-bond acceptors (Lipinski definition) is 8. The first-order valence-corrected chi connectivity index (χ1v) is 13.3. The minimum atomic E-state index is -0.303. The monoisotopic (exact) mass is 528 g/mol. The zero-order valence-electron chi connectivity index (χ0n) is 21.0. The quantitative estimate of drug-likeness (QED) is 0.306. The first-order valence-electron chi connectivity index (χ1n) is 12.4. The van der Waals surface area contributed by atoms with Crippen LogP contribution in [-0.2, 0) is 4.79 Å². The highest BCUT2D eigenvalue weighted by Gasteiger charge is 2.21. The van der Waals surface area contributed by atoms with E-state index in [1.54, 1.807) is 24.3 Å². The number of rotatable bonds is 8. The van der Waals surface area contributed by atoms with Crippen molar-refractivity contribution in [3.8, 4) is 11.6 Å². The Kier molecular flexibility index (Phi) is 7.62.